The summed E-state index contributed by atoms with van der Waals surface area (Å²) < 4.78 is 103. The molecule has 9 nitrogen and oxygen atoms in total. The lowest BCUT2D eigenvalue weighted by Gasteiger charge is -2.17. The maximum Gasteiger partial charge on any atom is 0.586 e. The van der Waals surface area contributed by atoms with Crippen LogP contribution >= 0.6 is 0 Å². The predicted octanol–water partition coefficient (Wildman–Crippen LogP) is 4.68. The Labute approximate surface area is 235 Å². The third kappa shape index (κ3) is 5.61. The first kappa shape index (κ1) is 29.3. The van der Waals surface area contributed by atoms with Crippen LogP contribution in [0.15, 0.2) is 65.6 Å². The molecule has 0 radical (unpaired) electrons. The minimum Gasteiger partial charge on any atom is -0.395 e. The summed E-state index contributed by atoms with van der Waals surface area (Å²) in [6, 6.07) is 12.1. The molecule has 0 spiro atoms. The Kier molecular flexibility index (Phi) is 7.35. The molecule has 0 unspecified atom stereocenters. The van der Waals surface area contributed by atoms with Gasteiger partial charge in [-0.25, -0.2) is 13.4 Å². The zero-order chi connectivity index (χ0) is 30.4. The fourth-order valence-electron chi connectivity index (χ4n) is 4.52. The minimum atomic E-state index is -4.93. The van der Waals surface area contributed by atoms with Crippen LogP contribution in [0.2, 0.25) is 0 Å². The zero-order valence-electron chi connectivity index (χ0n) is 21.7. The summed E-state index contributed by atoms with van der Waals surface area (Å²) in [5, 5.41) is 12.4. The zero-order valence-corrected chi connectivity index (χ0v) is 22.5. The molecule has 4 aromatic rings. The van der Waals surface area contributed by atoms with E-state index in [9.17, 15) is 40.3 Å². The van der Waals surface area contributed by atoms with Crippen LogP contribution in [0, 0.1) is 0 Å². The number of carbonyl (C=O) groups excluding carboxylic acids is 1. The number of benzene rings is 3. The summed E-state index contributed by atoms with van der Waals surface area (Å²) in [6.07, 6.45) is -8.90. The Morgan fingerprint density at radius 3 is 2.45 bits per heavy atom. The summed E-state index contributed by atoms with van der Waals surface area (Å²) in [5.74, 6) is -2.89. The minimum absolute atomic E-state index is 0.0140. The molecule has 1 aromatic heterocycles. The highest BCUT2D eigenvalue weighted by Gasteiger charge is 2.45. The molecule has 5 rings (SSSR count). The van der Waals surface area contributed by atoms with E-state index in [0.717, 1.165) is 10.6 Å². The van der Waals surface area contributed by atoms with Gasteiger partial charge in [0.05, 0.1) is 40.9 Å². The van der Waals surface area contributed by atoms with Gasteiger partial charge in [0.2, 0.25) is 5.82 Å². The molecule has 3 aromatic carbocycles. The van der Waals surface area contributed by atoms with E-state index in [0.29, 0.717) is 5.56 Å². The molecule has 1 atom stereocenters. The maximum atomic E-state index is 14.0. The number of nitrogens with one attached hydrogen (secondary N) is 1. The average Bonchev–Trinajstić information content (AvgIpc) is 3.47. The van der Waals surface area contributed by atoms with E-state index in [4.69, 9.17) is 0 Å². The van der Waals surface area contributed by atoms with E-state index in [-0.39, 0.29) is 38.6 Å². The summed E-state index contributed by atoms with van der Waals surface area (Å²) in [7, 11) is -3.46. The van der Waals surface area contributed by atoms with Gasteiger partial charge in [-0.3, -0.25) is 4.79 Å². The molecular weight excluding hydrogens is 589 g/mol. The summed E-state index contributed by atoms with van der Waals surface area (Å²) >= 11 is 0. The second-order valence-corrected chi connectivity index (χ2v) is 11.6. The number of nitrogens with zero attached hydrogens (tertiary/aromatic N) is 2. The molecule has 2 heterocycles. The number of aromatic nitrogens is 2. The van der Waals surface area contributed by atoms with Crippen molar-refractivity contribution in [2.75, 3.05) is 12.4 Å². The number of hydrogen-bond acceptors (Lipinski definition) is 7. The molecule has 0 fully saturated rings. The largest absolute Gasteiger partial charge is 0.586 e. The van der Waals surface area contributed by atoms with Crippen molar-refractivity contribution in [3.8, 4) is 11.5 Å². The van der Waals surface area contributed by atoms with Crippen molar-refractivity contribution in [1.29, 1.82) is 0 Å². The number of amides is 1. The number of para-hydroxylation sites is 1. The van der Waals surface area contributed by atoms with Crippen molar-refractivity contribution in [3.05, 3.63) is 83.2 Å². The molecule has 1 aliphatic heterocycles. The molecule has 0 bridgehead atoms. The highest BCUT2D eigenvalue weighted by Crippen LogP contribution is 2.44. The first-order valence-corrected chi connectivity index (χ1v) is 14.1. The van der Waals surface area contributed by atoms with Gasteiger partial charge < -0.3 is 24.5 Å². The summed E-state index contributed by atoms with van der Waals surface area (Å²) in [5.41, 5.74) is 0.0902. The number of sulfone groups is 1. The van der Waals surface area contributed by atoms with Gasteiger partial charge in [-0.15, -0.1) is 8.78 Å². The number of aliphatic hydroxyl groups excluding tert-OH is 1. The molecule has 42 heavy (non-hydrogen) atoms. The van der Waals surface area contributed by atoms with E-state index in [1.807, 2.05) is 0 Å². The van der Waals surface area contributed by atoms with Gasteiger partial charge in [-0.05, 0) is 42.0 Å². The van der Waals surface area contributed by atoms with Gasteiger partial charge in [0.25, 0.3) is 5.91 Å². The predicted molar refractivity (Wildman–Crippen MR) is 138 cm³/mol. The Morgan fingerprint density at radius 1 is 1.10 bits per heavy atom. The standard InChI is InChI=1S/C27H22F5N3O6S/c1-2-42(38,39)18-9-6-15(7-10-18)20(14-36)33-24(37)16-8-11-21-19(12-16)34-25(26(28,29)30)35(21)13-17-4-3-5-22-23(17)41-27(31,32)40-22/h3-12,20,36H,2,13-14H2,1H3,(H,33,37)/t20-/m0/s1. The fourth-order valence-corrected chi connectivity index (χ4v) is 5.40. The number of rotatable bonds is 8. The number of aliphatic hydroxyl groups is 1. The molecule has 0 saturated heterocycles. The van der Waals surface area contributed by atoms with Gasteiger partial charge in [-0.1, -0.05) is 31.2 Å². The van der Waals surface area contributed by atoms with Crippen LogP contribution in [-0.2, 0) is 22.6 Å². The first-order valence-electron chi connectivity index (χ1n) is 12.4. The van der Waals surface area contributed by atoms with Gasteiger partial charge in [-0.2, -0.15) is 13.2 Å². The normalized spacial score (nSPS) is 15.1. The van der Waals surface area contributed by atoms with Crippen LogP contribution in [0.4, 0.5) is 22.0 Å². The van der Waals surface area contributed by atoms with Crippen molar-refractivity contribution in [2.24, 2.45) is 0 Å². The average molecular weight is 612 g/mol. The van der Waals surface area contributed by atoms with E-state index in [1.54, 1.807) is 0 Å². The summed E-state index contributed by atoms with van der Waals surface area (Å²) in [4.78, 5) is 16.7. The van der Waals surface area contributed by atoms with Crippen LogP contribution < -0.4 is 14.8 Å². The molecular formula is C27H22F5N3O6S. The Hall–Kier alpha value is -4.24. The topological polar surface area (TPSA) is 120 Å². The SMILES string of the molecule is CCS(=O)(=O)c1ccc([C@H](CO)NC(=O)c2ccc3c(c2)nc(C(F)(F)F)n3Cc2cccc3c2OC(F)(F)O3)cc1. The number of carbonyl (C=O) groups is 1. The number of hydrogen-bond donors (Lipinski definition) is 2. The number of alkyl halides is 5. The van der Waals surface area contributed by atoms with Gasteiger partial charge >= 0.3 is 12.5 Å². The molecule has 2 N–H and O–H groups in total. The van der Waals surface area contributed by atoms with E-state index >= 15 is 0 Å². The molecule has 222 valence electrons. The maximum absolute atomic E-state index is 14.0. The van der Waals surface area contributed by atoms with Crippen LogP contribution in [0.3, 0.4) is 0 Å². The van der Waals surface area contributed by atoms with Gasteiger partial charge in [0.15, 0.2) is 21.3 Å². The smallest absolute Gasteiger partial charge is 0.395 e. The van der Waals surface area contributed by atoms with Crippen LogP contribution in [0.25, 0.3) is 11.0 Å². The van der Waals surface area contributed by atoms with E-state index < -0.39 is 59.0 Å². The molecule has 1 amide bonds. The lowest BCUT2D eigenvalue weighted by atomic mass is 10.1. The molecule has 0 saturated carbocycles. The third-order valence-corrected chi connectivity index (χ3v) is 8.36. The second-order valence-electron chi connectivity index (χ2n) is 9.32. The van der Waals surface area contributed by atoms with Crippen molar-refractivity contribution < 1.29 is 49.7 Å². The Bertz CT molecular complexity index is 1770. The van der Waals surface area contributed by atoms with Crippen LogP contribution in [0.1, 0.15) is 40.3 Å². The highest BCUT2D eigenvalue weighted by molar-refractivity contribution is 7.91. The van der Waals surface area contributed by atoms with Crippen molar-refractivity contribution in [1.82, 2.24) is 14.9 Å². The van der Waals surface area contributed by atoms with Gasteiger partial charge in [0.1, 0.15) is 0 Å². The number of fused-ring (bicyclic) bond motifs is 2. The lowest BCUT2D eigenvalue weighted by molar-refractivity contribution is -0.287. The monoisotopic (exact) mass is 611 g/mol. The van der Waals surface area contributed by atoms with E-state index in [1.165, 1.54) is 61.5 Å². The third-order valence-electron chi connectivity index (χ3n) is 6.61. The summed E-state index contributed by atoms with van der Waals surface area (Å²) in [6.45, 7) is 0.401. The molecule has 0 aliphatic carbocycles. The lowest BCUT2D eigenvalue weighted by Crippen LogP contribution is -2.30. The van der Waals surface area contributed by atoms with E-state index in [2.05, 4.69) is 19.8 Å². The number of ether oxygens (including phenoxy) is 2. The van der Waals surface area contributed by atoms with Crippen LogP contribution in [-0.4, -0.2) is 47.6 Å². The first-order chi connectivity index (χ1) is 19.7. The fraction of sp³-hybridized carbons (Fsp3) is 0.259. The van der Waals surface area contributed by atoms with Gasteiger partial charge in [0, 0.05) is 11.1 Å². The number of imidazole rings is 1. The Morgan fingerprint density at radius 2 is 1.81 bits per heavy atom. The van der Waals surface area contributed by atoms with Crippen molar-refractivity contribution >= 4 is 26.8 Å². The highest BCUT2D eigenvalue weighted by atomic mass is 32.2. The van der Waals surface area contributed by atoms with Crippen molar-refractivity contribution in [2.45, 2.75) is 36.9 Å². The molecule has 1 aliphatic rings. The quantitative estimate of drug-likeness (QED) is 0.278. The number of halogens is 5. The molecule has 15 heteroatoms. The van der Waals surface area contributed by atoms with Crippen molar-refractivity contribution in [3.63, 3.8) is 0 Å². The Balaban J connectivity index is 1.44. The second kappa shape index (κ2) is 10.5. The van der Waals surface area contributed by atoms with Crippen LogP contribution in [0.5, 0.6) is 11.5 Å².